The Hall–Kier alpha value is -1.42. The molecule has 1 unspecified atom stereocenters. The van der Waals surface area contributed by atoms with E-state index in [0.29, 0.717) is 0 Å². The van der Waals surface area contributed by atoms with Crippen LogP contribution in [0, 0.1) is 18.7 Å². The number of rotatable bonds is 4. The Labute approximate surface area is 106 Å². The molecule has 1 atom stereocenters. The molecule has 1 fully saturated rings. The van der Waals surface area contributed by atoms with Crippen molar-refractivity contribution in [2.24, 2.45) is 5.92 Å². The van der Waals surface area contributed by atoms with Crippen LogP contribution in [0.4, 0.5) is 4.39 Å². The van der Waals surface area contributed by atoms with Crippen LogP contribution in [0.1, 0.15) is 24.0 Å². The lowest BCUT2D eigenvalue weighted by Gasteiger charge is -2.17. The topological polar surface area (TPSA) is 40.5 Å². The smallest absolute Gasteiger partial charge is 0.303 e. The summed E-state index contributed by atoms with van der Waals surface area (Å²) >= 11 is 0. The minimum atomic E-state index is -0.722. The average molecular weight is 251 g/mol. The number of carboxylic acids is 1. The molecule has 0 aliphatic carbocycles. The van der Waals surface area contributed by atoms with E-state index < -0.39 is 5.97 Å². The largest absolute Gasteiger partial charge is 0.481 e. The Kier molecular flexibility index (Phi) is 3.97. The van der Waals surface area contributed by atoms with E-state index in [0.717, 1.165) is 37.2 Å². The summed E-state index contributed by atoms with van der Waals surface area (Å²) in [5.41, 5.74) is 2.07. The van der Waals surface area contributed by atoms with Crippen LogP contribution in [-0.2, 0) is 11.3 Å². The molecule has 4 heteroatoms. The predicted octanol–water partition coefficient (Wildman–Crippen LogP) is 2.43. The van der Waals surface area contributed by atoms with Crippen LogP contribution in [0.3, 0.4) is 0 Å². The number of carbonyl (C=O) groups is 1. The molecule has 18 heavy (non-hydrogen) atoms. The normalized spacial score (nSPS) is 20.2. The first-order valence-electron chi connectivity index (χ1n) is 6.24. The minimum absolute atomic E-state index is 0.207. The van der Waals surface area contributed by atoms with Gasteiger partial charge in [-0.25, -0.2) is 4.39 Å². The lowest BCUT2D eigenvalue weighted by Crippen LogP contribution is -2.21. The number of aryl methyl sites for hydroxylation is 1. The van der Waals surface area contributed by atoms with Crippen molar-refractivity contribution in [2.75, 3.05) is 13.1 Å². The van der Waals surface area contributed by atoms with Gasteiger partial charge in [0, 0.05) is 19.5 Å². The van der Waals surface area contributed by atoms with Gasteiger partial charge in [-0.3, -0.25) is 9.69 Å². The first kappa shape index (κ1) is 13.0. The van der Waals surface area contributed by atoms with Crippen molar-refractivity contribution in [3.63, 3.8) is 0 Å². The highest BCUT2D eigenvalue weighted by molar-refractivity contribution is 5.67. The van der Waals surface area contributed by atoms with Crippen LogP contribution in [0.25, 0.3) is 0 Å². The minimum Gasteiger partial charge on any atom is -0.481 e. The maximum atomic E-state index is 13.0. The number of carboxylic acid groups (broad SMARTS) is 1. The van der Waals surface area contributed by atoms with Gasteiger partial charge >= 0.3 is 5.97 Å². The zero-order valence-corrected chi connectivity index (χ0v) is 10.5. The number of hydrogen-bond acceptors (Lipinski definition) is 2. The van der Waals surface area contributed by atoms with Gasteiger partial charge in [-0.2, -0.15) is 0 Å². The van der Waals surface area contributed by atoms with Crippen LogP contribution < -0.4 is 0 Å². The van der Waals surface area contributed by atoms with Crippen molar-refractivity contribution in [3.8, 4) is 0 Å². The molecule has 0 amide bonds. The lowest BCUT2D eigenvalue weighted by atomic mass is 10.1. The second-order valence-corrected chi connectivity index (χ2v) is 5.06. The maximum absolute atomic E-state index is 13.0. The third-order valence-corrected chi connectivity index (χ3v) is 3.53. The summed E-state index contributed by atoms with van der Waals surface area (Å²) in [5.74, 6) is -0.676. The highest BCUT2D eigenvalue weighted by Gasteiger charge is 2.24. The number of likely N-dealkylation sites (tertiary alicyclic amines) is 1. The molecule has 1 saturated heterocycles. The van der Waals surface area contributed by atoms with Crippen molar-refractivity contribution in [2.45, 2.75) is 26.3 Å². The number of halogens is 1. The standard InChI is InChI=1S/C14H18FNO2/c1-10-6-13(15)3-2-12(10)9-16-5-4-11(8-16)7-14(17)18/h2-3,6,11H,4-5,7-9H2,1H3,(H,17,18). The number of benzene rings is 1. The number of aliphatic carboxylic acids is 1. The van der Waals surface area contributed by atoms with E-state index in [1.54, 1.807) is 6.07 Å². The van der Waals surface area contributed by atoms with E-state index >= 15 is 0 Å². The van der Waals surface area contributed by atoms with Crippen LogP contribution in [0.15, 0.2) is 18.2 Å². The van der Waals surface area contributed by atoms with Crippen molar-refractivity contribution in [1.82, 2.24) is 4.90 Å². The van der Waals surface area contributed by atoms with E-state index in [4.69, 9.17) is 5.11 Å². The molecule has 0 aromatic heterocycles. The third-order valence-electron chi connectivity index (χ3n) is 3.53. The SMILES string of the molecule is Cc1cc(F)ccc1CN1CCC(CC(=O)O)C1. The van der Waals surface area contributed by atoms with Gasteiger partial charge in [-0.05, 0) is 49.1 Å². The summed E-state index contributed by atoms with van der Waals surface area (Å²) in [5, 5.41) is 8.76. The first-order valence-corrected chi connectivity index (χ1v) is 6.24. The van der Waals surface area contributed by atoms with Crippen LogP contribution in [0.2, 0.25) is 0 Å². The summed E-state index contributed by atoms with van der Waals surface area (Å²) in [6.07, 6.45) is 1.19. The Balaban J connectivity index is 1.93. The Morgan fingerprint density at radius 1 is 1.56 bits per heavy atom. The van der Waals surface area contributed by atoms with E-state index in [1.807, 2.05) is 13.0 Å². The van der Waals surface area contributed by atoms with Gasteiger partial charge in [-0.1, -0.05) is 6.07 Å². The highest BCUT2D eigenvalue weighted by atomic mass is 19.1. The Morgan fingerprint density at radius 2 is 2.33 bits per heavy atom. The summed E-state index contributed by atoms with van der Waals surface area (Å²) in [6, 6.07) is 4.84. The molecular weight excluding hydrogens is 233 g/mol. The summed E-state index contributed by atoms with van der Waals surface area (Å²) in [6.45, 7) is 4.43. The molecule has 2 rings (SSSR count). The van der Waals surface area contributed by atoms with Gasteiger partial charge in [0.25, 0.3) is 0 Å². The van der Waals surface area contributed by atoms with E-state index in [-0.39, 0.29) is 18.2 Å². The molecule has 1 aromatic rings. The molecule has 0 saturated carbocycles. The summed E-state index contributed by atoms with van der Waals surface area (Å²) in [4.78, 5) is 12.9. The molecule has 0 spiro atoms. The van der Waals surface area contributed by atoms with Gasteiger partial charge in [0.05, 0.1) is 0 Å². The van der Waals surface area contributed by atoms with Gasteiger partial charge in [-0.15, -0.1) is 0 Å². The monoisotopic (exact) mass is 251 g/mol. The van der Waals surface area contributed by atoms with Crippen LogP contribution in [-0.4, -0.2) is 29.1 Å². The molecule has 0 radical (unpaired) electrons. The van der Waals surface area contributed by atoms with Crippen molar-refractivity contribution >= 4 is 5.97 Å². The Bertz CT molecular complexity index is 447. The van der Waals surface area contributed by atoms with Gasteiger partial charge in [0.2, 0.25) is 0 Å². The maximum Gasteiger partial charge on any atom is 0.303 e. The molecule has 98 valence electrons. The van der Waals surface area contributed by atoms with Crippen molar-refractivity contribution in [3.05, 3.63) is 35.1 Å². The summed E-state index contributed by atoms with van der Waals surface area (Å²) < 4.78 is 13.0. The number of nitrogens with zero attached hydrogens (tertiary/aromatic N) is 1. The van der Waals surface area contributed by atoms with Gasteiger partial charge in [0.1, 0.15) is 5.82 Å². The molecule has 3 nitrogen and oxygen atoms in total. The highest BCUT2D eigenvalue weighted by Crippen LogP contribution is 2.22. The van der Waals surface area contributed by atoms with Crippen molar-refractivity contribution in [1.29, 1.82) is 0 Å². The third kappa shape index (κ3) is 3.29. The molecule has 1 aliphatic rings. The number of hydrogen-bond donors (Lipinski definition) is 1. The molecule has 1 N–H and O–H groups in total. The molecule has 0 bridgehead atoms. The lowest BCUT2D eigenvalue weighted by molar-refractivity contribution is -0.138. The zero-order chi connectivity index (χ0) is 13.1. The Morgan fingerprint density at radius 3 is 3.00 bits per heavy atom. The molecule has 1 heterocycles. The van der Waals surface area contributed by atoms with E-state index in [9.17, 15) is 9.18 Å². The fraction of sp³-hybridized carbons (Fsp3) is 0.500. The first-order chi connectivity index (χ1) is 8.54. The fourth-order valence-electron chi connectivity index (χ4n) is 2.55. The second-order valence-electron chi connectivity index (χ2n) is 5.06. The molecule has 1 aromatic carbocycles. The van der Waals surface area contributed by atoms with E-state index in [1.165, 1.54) is 6.07 Å². The zero-order valence-electron chi connectivity index (χ0n) is 10.5. The van der Waals surface area contributed by atoms with Crippen LogP contribution >= 0.6 is 0 Å². The molecule has 1 aliphatic heterocycles. The molecular formula is C14H18FNO2. The van der Waals surface area contributed by atoms with Crippen molar-refractivity contribution < 1.29 is 14.3 Å². The van der Waals surface area contributed by atoms with Gasteiger partial charge in [0.15, 0.2) is 0 Å². The second kappa shape index (κ2) is 5.48. The van der Waals surface area contributed by atoms with E-state index in [2.05, 4.69) is 4.90 Å². The quantitative estimate of drug-likeness (QED) is 0.893. The fourth-order valence-corrected chi connectivity index (χ4v) is 2.55. The predicted molar refractivity (Wildman–Crippen MR) is 66.8 cm³/mol. The van der Waals surface area contributed by atoms with Gasteiger partial charge < -0.3 is 5.11 Å². The average Bonchev–Trinajstić information content (AvgIpc) is 2.69. The van der Waals surface area contributed by atoms with Crippen LogP contribution in [0.5, 0.6) is 0 Å². The summed E-state index contributed by atoms with van der Waals surface area (Å²) in [7, 11) is 0.